The predicted octanol–water partition coefficient (Wildman–Crippen LogP) is 0.0529. The van der Waals surface area contributed by atoms with Gasteiger partial charge in [-0.25, -0.2) is 0 Å². The van der Waals surface area contributed by atoms with E-state index in [1.165, 1.54) is 0 Å². The van der Waals surface area contributed by atoms with Gasteiger partial charge in [0.05, 0.1) is 13.2 Å². The van der Waals surface area contributed by atoms with Gasteiger partial charge in [0.1, 0.15) is 0 Å². The fraction of sp³-hybridized carbons (Fsp3) is 1.00. The van der Waals surface area contributed by atoms with Crippen LogP contribution < -0.4 is 5.73 Å². The van der Waals surface area contributed by atoms with Gasteiger partial charge in [0.15, 0.2) is 0 Å². The molecule has 0 aliphatic carbocycles. The van der Waals surface area contributed by atoms with Gasteiger partial charge in [-0.05, 0) is 20.3 Å². The van der Waals surface area contributed by atoms with E-state index in [-0.39, 0.29) is 12.6 Å². The van der Waals surface area contributed by atoms with Crippen LogP contribution in [0, 0.1) is 5.92 Å². The number of rotatable bonds is 5. The van der Waals surface area contributed by atoms with Crippen LogP contribution in [-0.4, -0.2) is 55.0 Å². The van der Waals surface area contributed by atoms with E-state index < -0.39 is 0 Å². The van der Waals surface area contributed by atoms with E-state index in [0.29, 0.717) is 12.0 Å². The molecule has 0 aromatic rings. The summed E-state index contributed by atoms with van der Waals surface area (Å²) in [6, 6.07) is 0.699. The number of aliphatic hydroxyl groups is 1. The van der Waals surface area contributed by atoms with Gasteiger partial charge in [0.25, 0.3) is 0 Å². The summed E-state index contributed by atoms with van der Waals surface area (Å²) in [4.78, 5) is 2.26. The van der Waals surface area contributed by atoms with Crippen molar-refractivity contribution >= 4 is 0 Å². The van der Waals surface area contributed by atoms with Crippen molar-refractivity contribution in [3.8, 4) is 0 Å². The molecule has 0 aromatic heterocycles. The van der Waals surface area contributed by atoms with Crippen LogP contribution in [0.5, 0.6) is 0 Å². The van der Waals surface area contributed by atoms with Crippen LogP contribution in [0.2, 0.25) is 0 Å². The standard InChI is InChI=1S/C11H24N2O2/c1-9(2)13(4-5-14)7-10-8-15-6-3-11(10)12/h9-11,14H,3-8,12H2,1-2H3. The summed E-state index contributed by atoms with van der Waals surface area (Å²) in [6.45, 7) is 7.70. The molecule has 2 atom stereocenters. The van der Waals surface area contributed by atoms with Crippen molar-refractivity contribution in [3.05, 3.63) is 0 Å². The van der Waals surface area contributed by atoms with Gasteiger partial charge in [-0.1, -0.05) is 0 Å². The zero-order valence-electron chi connectivity index (χ0n) is 9.85. The number of ether oxygens (including phenoxy) is 1. The van der Waals surface area contributed by atoms with Crippen molar-refractivity contribution in [1.82, 2.24) is 4.90 Å². The largest absolute Gasteiger partial charge is 0.395 e. The van der Waals surface area contributed by atoms with Gasteiger partial charge in [-0.3, -0.25) is 4.90 Å². The Balaban J connectivity index is 2.41. The second kappa shape index (κ2) is 6.43. The molecular weight excluding hydrogens is 192 g/mol. The third-order valence-electron chi connectivity index (χ3n) is 3.12. The molecule has 0 bridgehead atoms. The summed E-state index contributed by atoms with van der Waals surface area (Å²) in [5.74, 6) is 0.410. The van der Waals surface area contributed by atoms with E-state index >= 15 is 0 Å². The van der Waals surface area contributed by atoms with Crippen LogP contribution in [0.3, 0.4) is 0 Å². The van der Waals surface area contributed by atoms with E-state index in [0.717, 1.165) is 32.7 Å². The Morgan fingerprint density at radius 3 is 2.80 bits per heavy atom. The first-order chi connectivity index (χ1) is 7.15. The minimum absolute atomic E-state index is 0.209. The summed E-state index contributed by atoms with van der Waals surface area (Å²) in [5.41, 5.74) is 6.05. The van der Waals surface area contributed by atoms with E-state index in [4.69, 9.17) is 15.6 Å². The van der Waals surface area contributed by atoms with E-state index in [1.807, 2.05) is 0 Å². The maximum absolute atomic E-state index is 8.98. The maximum atomic E-state index is 8.98. The highest BCUT2D eigenvalue weighted by molar-refractivity contribution is 4.80. The molecule has 2 unspecified atom stereocenters. The van der Waals surface area contributed by atoms with Crippen molar-refractivity contribution in [3.63, 3.8) is 0 Å². The highest BCUT2D eigenvalue weighted by Gasteiger charge is 2.25. The topological polar surface area (TPSA) is 58.7 Å². The fourth-order valence-corrected chi connectivity index (χ4v) is 1.99. The van der Waals surface area contributed by atoms with Crippen LogP contribution >= 0.6 is 0 Å². The Kier molecular flexibility index (Phi) is 5.53. The zero-order chi connectivity index (χ0) is 11.3. The van der Waals surface area contributed by atoms with Gasteiger partial charge in [-0.2, -0.15) is 0 Å². The predicted molar refractivity (Wildman–Crippen MR) is 60.7 cm³/mol. The Morgan fingerprint density at radius 2 is 2.27 bits per heavy atom. The first kappa shape index (κ1) is 12.9. The van der Waals surface area contributed by atoms with E-state index in [1.54, 1.807) is 0 Å². The van der Waals surface area contributed by atoms with Crippen molar-refractivity contribution in [2.75, 3.05) is 32.9 Å². The molecule has 1 rings (SSSR count). The van der Waals surface area contributed by atoms with Crippen LogP contribution in [0.25, 0.3) is 0 Å². The van der Waals surface area contributed by atoms with Gasteiger partial charge < -0.3 is 15.6 Å². The lowest BCUT2D eigenvalue weighted by molar-refractivity contribution is 0.0185. The highest BCUT2D eigenvalue weighted by Crippen LogP contribution is 2.15. The normalized spacial score (nSPS) is 27.6. The number of nitrogens with two attached hydrogens (primary N) is 1. The summed E-state index contributed by atoms with van der Waals surface area (Å²) >= 11 is 0. The van der Waals surface area contributed by atoms with Gasteiger partial charge in [0.2, 0.25) is 0 Å². The Hall–Kier alpha value is -0.160. The molecular formula is C11H24N2O2. The molecule has 1 fully saturated rings. The minimum atomic E-state index is 0.209. The summed E-state index contributed by atoms with van der Waals surface area (Å²) < 4.78 is 5.44. The molecule has 0 radical (unpaired) electrons. The second-order valence-electron chi connectivity index (χ2n) is 4.60. The fourth-order valence-electron chi connectivity index (χ4n) is 1.99. The third kappa shape index (κ3) is 4.07. The molecule has 15 heavy (non-hydrogen) atoms. The zero-order valence-corrected chi connectivity index (χ0v) is 9.85. The molecule has 0 spiro atoms. The minimum Gasteiger partial charge on any atom is -0.395 e. The van der Waals surface area contributed by atoms with Crippen molar-refractivity contribution in [2.45, 2.75) is 32.4 Å². The van der Waals surface area contributed by atoms with Gasteiger partial charge in [-0.15, -0.1) is 0 Å². The first-order valence-corrected chi connectivity index (χ1v) is 5.83. The second-order valence-corrected chi connectivity index (χ2v) is 4.60. The molecule has 90 valence electrons. The van der Waals surface area contributed by atoms with E-state index in [9.17, 15) is 0 Å². The lowest BCUT2D eigenvalue weighted by Crippen LogP contribution is -2.47. The van der Waals surface area contributed by atoms with Gasteiger partial charge in [0, 0.05) is 37.7 Å². The van der Waals surface area contributed by atoms with Crippen LogP contribution in [0.15, 0.2) is 0 Å². The van der Waals surface area contributed by atoms with Crippen molar-refractivity contribution in [2.24, 2.45) is 11.7 Å². The molecule has 3 N–H and O–H groups in total. The Morgan fingerprint density at radius 1 is 1.53 bits per heavy atom. The number of hydrogen-bond donors (Lipinski definition) is 2. The lowest BCUT2D eigenvalue weighted by Gasteiger charge is -2.35. The third-order valence-corrected chi connectivity index (χ3v) is 3.12. The molecule has 0 aromatic carbocycles. The number of nitrogens with zero attached hydrogens (tertiary/aromatic N) is 1. The number of hydrogen-bond acceptors (Lipinski definition) is 4. The highest BCUT2D eigenvalue weighted by atomic mass is 16.5. The first-order valence-electron chi connectivity index (χ1n) is 5.83. The molecule has 1 heterocycles. The molecule has 1 aliphatic heterocycles. The molecule has 1 aliphatic rings. The lowest BCUT2D eigenvalue weighted by atomic mass is 9.95. The molecule has 0 amide bonds. The molecule has 0 saturated carbocycles. The Labute approximate surface area is 92.4 Å². The number of aliphatic hydroxyl groups excluding tert-OH is 1. The van der Waals surface area contributed by atoms with Crippen LogP contribution in [0.4, 0.5) is 0 Å². The average molecular weight is 216 g/mol. The summed E-state index contributed by atoms with van der Waals surface area (Å²) in [5, 5.41) is 8.98. The van der Waals surface area contributed by atoms with Crippen LogP contribution in [0.1, 0.15) is 20.3 Å². The van der Waals surface area contributed by atoms with Gasteiger partial charge >= 0.3 is 0 Å². The summed E-state index contributed by atoms with van der Waals surface area (Å²) in [7, 11) is 0. The van der Waals surface area contributed by atoms with E-state index in [2.05, 4.69) is 18.7 Å². The van der Waals surface area contributed by atoms with Crippen LogP contribution in [-0.2, 0) is 4.74 Å². The monoisotopic (exact) mass is 216 g/mol. The average Bonchev–Trinajstić information content (AvgIpc) is 2.20. The SMILES string of the molecule is CC(C)N(CCO)CC1COCCC1N. The molecule has 4 nitrogen and oxygen atoms in total. The quantitative estimate of drug-likeness (QED) is 0.682. The van der Waals surface area contributed by atoms with Crippen molar-refractivity contribution in [1.29, 1.82) is 0 Å². The Bertz CT molecular complexity index is 174. The smallest absolute Gasteiger partial charge is 0.0558 e. The summed E-state index contributed by atoms with van der Waals surface area (Å²) in [6.07, 6.45) is 0.954. The molecule has 1 saturated heterocycles. The maximum Gasteiger partial charge on any atom is 0.0558 e. The van der Waals surface area contributed by atoms with Crippen molar-refractivity contribution < 1.29 is 9.84 Å². The molecule has 4 heteroatoms.